The van der Waals surface area contributed by atoms with Gasteiger partial charge in [-0.2, -0.15) is 17.6 Å². The second kappa shape index (κ2) is 7.82. The van der Waals surface area contributed by atoms with Crippen molar-refractivity contribution >= 4 is 11.6 Å². The summed E-state index contributed by atoms with van der Waals surface area (Å²) in [6.45, 7) is 2.53. The highest BCUT2D eigenvalue weighted by Crippen LogP contribution is 2.35. The Labute approximate surface area is 162 Å². The monoisotopic (exact) mass is 406 g/mol. The van der Waals surface area contributed by atoms with Gasteiger partial charge in [0.25, 0.3) is 11.8 Å². The van der Waals surface area contributed by atoms with Gasteiger partial charge in [-0.05, 0) is 43.7 Å². The second-order valence-electron chi connectivity index (χ2n) is 5.99. The number of halogens is 4. The van der Waals surface area contributed by atoms with E-state index in [4.69, 9.17) is 4.74 Å². The summed E-state index contributed by atoms with van der Waals surface area (Å²) in [4.78, 5) is 16.3. The lowest BCUT2D eigenvalue weighted by atomic mass is 10.1. The van der Waals surface area contributed by atoms with Crippen LogP contribution in [0.3, 0.4) is 0 Å². The lowest BCUT2D eigenvalue weighted by molar-refractivity contribution is -0.142. The van der Waals surface area contributed by atoms with Gasteiger partial charge in [0.1, 0.15) is 5.56 Å². The molecule has 1 aromatic carbocycles. The van der Waals surface area contributed by atoms with Gasteiger partial charge in [0, 0.05) is 5.69 Å². The Kier molecular flexibility index (Phi) is 5.44. The number of anilines is 1. The number of ether oxygens (including phenoxy) is 1. The molecule has 0 bridgehead atoms. The minimum absolute atomic E-state index is 0.0219. The van der Waals surface area contributed by atoms with Crippen molar-refractivity contribution in [2.45, 2.75) is 20.0 Å². The highest BCUT2D eigenvalue weighted by Gasteiger charge is 2.38. The molecule has 6 nitrogen and oxygen atoms in total. The smallest absolute Gasteiger partial charge is 0.435 e. The zero-order valence-corrected chi connectivity index (χ0v) is 15.2. The predicted octanol–water partition coefficient (Wildman–Crippen LogP) is 4.69. The maximum absolute atomic E-state index is 13.3. The number of para-hydroxylation sites is 1. The van der Waals surface area contributed by atoms with Gasteiger partial charge in [0.2, 0.25) is 5.95 Å². The predicted molar refractivity (Wildman–Crippen MR) is 95.2 cm³/mol. The number of aromatic nitrogens is 3. The number of nitrogens with one attached hydrogen (secondary N) is 1. The molecule has 0 atom stereocenters. The van der Waals surface area contributed by atoms with Crippen LogP contribution < -0.4 is 10.1 Å². The molecule has 3 rings (SSSR count). The number of rotatable bonds is 4. The molecule has 0 saturated carbocycles. The van der Waals surface area contributed by atoms with Gasteiger partial charge in [-0.1, -0.05) is 18.2 Å². The highest BCUT2D eigenvalue weighted by molar-refractivity contribution is 6.07. The van der Waals surface area contributed by atoms with Crippen LogP contribution in [0.5, 0.6) is 11.6 Å². The molecular formula is C19H14F4N4O2. The molecule has 0 unspecified atom stereocenters. The number of aryl methyl sites for hydroxylation is 1. The first-order chi connectivity index (χ1) is 13.7. The molecule has 29 heavy (non-hydrogen) atoms. The third-order valence-corrected chi connectivity index (χ3v) is 3.92. The van der Waals surface area contributed by atoms with Crippen molar-refractivity contribution in [2.24, 2.45) is 0 Å². The molecule has 2 aromatic heterocycles. The molecule has 0 aliphatic carbocycles. The van der Waals surface area contributed by atoms with E-state index < -0.39 is 40.7 Å². The van der Waals surface area contributed by atoms with Gasteiger partial charge in [0.15, 0.2) is 11.4 Å². The first-order valence-electron chi connectivity index (χ1n) is 8.28. The van der Waals surface area contributed by atoms with Crippen molar-refractivity contribution in [3.63, 3.8) is 0 Å². The fourth-order valence-electron chi connectivity index (χ4n) is 2.55. The summed E-state index contributed by atoms with van der Waals surface area (Å²) in [5, 5.41) is 9.12. The Morgan fingerprint density at radius 1 is 1.03 bits per heavy atom. The van der Waals surface area contributed by atoms with Gasteiger partial charge in [0.05, 0.1) is 5.69 Å². The molecule has 0 saturated heterocycles. The molecule has 0 aliphatic rings. The van der Waals surface area contributed by atoms with Crippen LogP contribution in [0.4, 0.5) is 23.2 Å². The molecule has 0 spiro atoms. The van der Waals surface area contributed by atoms with Crippen molar-refractivity contribution in [2.75, 3.05) is 5.32 Å². The van der Waals surface area contributed by atoms with Crippen molar-refractivity contribution in [1.29, 1.82) is 0 Å². The highest BCUT2D eigenvalue weighted by atomic mass is 19.4. The third-order valence-electron chi connectivity index (χ3n) is 3.92. The van der Waals surface area contributed by atoms with Crippen molar-refractivity contribution < 1.29 is 27.1 Å². The Bertz CT molecular complexity index is 1060. The van der Waals surface area contributed by atoms with Crippen molar-refractivity contribution in [3.05, 3.63) is 70.9 Å². The zero-order chi connectivity index (χ0) is 21.2. The van der Waals surface area contributed by atoms with Gasteiger partial charge in [-0.25, -0.2) is 4.98 Å². The molecule has 150 valence electrons. The average Bonchev–Trinajstić information content (AvgIpc) is 2.64. The SMILES string of the molecule is Cc1nc(F)ccc1Oc1nnc(C(F)(F)F)c(C)c1C(=O)Nc1ccccc1. The Morgan fingerprint density at radius 2 is 1.72 bits per heavy atom. The molecule has 1 amide bonds. The first-order valence-corrected chi connectivity index (χ1v) is 8.28. The van der Waals surface area contributed by atoms with Crippen LogP contribution in [-0.4, -0.2) is 21.1 Å². The molecule has 10 heteroatoms. The van der Waals surface area contributed by atoms with Gasteiger partial charge in [-0.15, -0.1) is 10.2 Å². The number of alkyl halides is 3. The average molecular weight is 406 g/mol. The Balaban J connectivity index is 2.07. The molecule has 1 N–H and O–H groups in total. The summed E-state index contributed by atoms with van der Waals surface area (Å²) in [6.07, 6.45) is -4.81. The van der Waals surface area contributed by atoms with E-state index in [1.165, 1.54) is 13.0 Å². The summed E-state index contributed by atoms with van der Waals surface area (Å²) < 4.78 is 58.5. The largest absolute Gasteiger partial charge is 0.435 e. The molecule has 0 radical (unpaired) electrons. The van der Waals surface area contributed by atoms with E-state index in [0.29, 0.717) is 5.69 Å². The second-order valence-corrected chi connectivity index (χ2v) is 5.99. The zero-order valence-electron chi connectivity index (χ0n) is 15.2. The summed E-state index contributed by atoms with van der Waals surface area (Å²) >= 11 is 0. The minimum Gasteiger partial charge on any atom is -0.435 e. The number of pyridine rings is 1. The number of carbonyl (C=O) groups excluding carboxylic acids is 1. The number of carbonyl (C=O) groups is 1. The van der Waals surface area contributed by atoms with Crippen LogP contribution in [0.2, 0.25) is 0 Å². The number of benzene rings is 1. The Morgan fingerprint density at radius 3 is 2.34 bits per heavy atom. The van der Waals surface area contributed by atoms with Crippen LogP contribution in [0.25, 0.3) is 0 Å². The van der Waals surface area contributed by atoms with Crippen LogP contribution in [0.15, 0.2) is 42.5 Å². The number of hydrogen-bond acceptors (Lipinski definition) is 5. The van der Waals surface area contributed by atoms with E-state index >= 15 is 0 Å². The standard InChI is InChI=1S/C19H14F4N4O2/c1-10-15(17(28)25-12-6-4-3-5-7-12)18(27-26-16(10)19(21,22)23)29-13-8-9-14(20)24-11(13)2/h3-9H,1-2H3,(H,25,28). The van der Waals surface area contributed by atoms with Crippen LogP contribution in [0.1, 0.15) is 27.3 Å². The molecular weight excluding hydrogens is 392 g/mol. The van der Waals surface area contributed by atoms with E-state index in [2.05, 4.69) is 20.5 Å². The van der Waals surface area contributed by atoms with Crippen LogP contribution >= 0.6 is 0 Å². The Hall–Kier alpha value is -3.56. The van der Waals surface area contributed by atoms with E-state index in [0.717, 1.165) is 13.0 Å². The number of hydrogen-bond donors (Lipinski definition) is 1. The summed E-state index contributed by atoms with van der Waals surface area (Å²) in [7, 11) is 0. The summed E-state index contributed by atoms with van der Waals surface area (Å²) in [5.41, 5.74) is -1.72. The molecule has 0 fully saturated rings. The van der Waals surface area contributed by atoms with Crippen molar-refractivity contribution in [3.8, 4) is 11.6 Å². The van der Waals surface area contributed by atoms with E-state index in [-0.39, 0.29) is 11.4 Å². The first kappa shape index (κ1) is 20.2. The van der Waals surface area contributed by atoms with Crippen molar-refractivity contribution in [1.82, 2.24) is 15.2 Å². The number of amides is 1. The number of nitrogens with zero attached hydrogens (tertiary/aromatic N) is 3. The molecule has 0 aliphatic heterocycles. The van der Waals surface area contributed by atoms with Crippen LogP contribution in [-0.2, 0) is 6.18 Å². The fourth-order valence-corrected chi connectivity index (χ4v) is 2.55. The topological polar surface area (TPSA) is 77.0 Å². The molecule has 2 heterocycles. The van der Waals surface area contributed by atoms with E-state index in [1.807, 2.05) is 0 Å². The normalized spacial score (nSPS) is 11.2. The van der Waals surface area contributed by atoms with Gasteiger partial charge >= 0.3 is 6.18 Å². The quantitative estimate of drug-likeness (QED) is 0.502. The lowest BCUT2D eigenvalue weighted by Crippen LogP contribution is -2.21. The fraction of sp³-hybridized carbons (Fsp3) is 0.158. The summed E-state index contributed by atoms with van der Waals surface area (Å²) in [5.74, 6) is -2.06. The molecule has 3 aromatic rings. The van der Waals surface area contributed by atoms with Gasteiger partial charge in [-0.3, -0.25) is 4.79 Å². The van der Waals surface area contributed by atoms with E-state index in [1.54, 1.807) is 30.3 Å². The van der Waals surface area contributed by atoms with Gasteiger partial charge < -0.3 is 10.1 Å². The lowest BCUT2D eigenvalue weighted by Gasteiger charge is -2.16. The summed E-state index contributed by atoms with van der Waals surface area (Å²) in [6, 6.07) is 10.4. The third kappa shape index (κ3) is 4.48. The maximum atomic E-state index is 13.3. The van der Waals surface area contributed by atoms with Crippen LogP contribution in [0, 0.1) is 19.8 Å². The maximum Gasteiger partial charge on any atom is 0.435 e. The van der Waals surface area contributed by atoms with E-state index in [9.17, 15) is 22.4 Å². The minimum atomic E-state index is -4.81.